The number of fused-ring (bicyclic) bond motifs is 1. The second kappa shape index (κ2) is 8.78. The minimum absolute atomic E-state index is 0.259. The molecule has 4 N–H and O–H groups in total. The molecule has 168 valence electrons. The number of carbonyl (C=O) groups excluding carboxylic acids is 3. The third kappa shape index (κ3) is 4.57. The van der Waals surface area contributed by atoms with E-state index in [2.05, 4.69) is 21.3 Å². The van der Waals surface area contributed by atoms with Crippen molar-refractivity contribution in [3.8, 4) is 0 Å². The normalized spacial score (nSPS) is 16.5. The van der Waals surface area contributed by atoms with Gasteiger partial charge in [0.2, 0.25) is 5.91 Å². The average molecular weight is 443 g/mol. The van der Waals surface area contributed by atoms with Crippen LogP contribution in [0, 0.1) is 20.8 Å². The zero-order valence-corrected chi connectivity index (χ0v) is 18.8. The summed E-state index contributed by atoms with van der Waals surface area (Å²) in [5, 5.41) is 11.2. The van der Waals surface area contributed by atoms with Crippen molar-refractivity contribution in [3.05, 3.63) is 89.0 Å². The molecule has 1 aliphatic heterocycles. The lowest BCUT2D eigenvalue weighted by Crippen LogP contribution is -2.53. The number of hydrogen-bond donors (Lipinski definition) is 4. The summed E-state index contributed by atoms with van der Waals surface area (Å²) < 4.78 is 0. The fraction of sp³-hybridized carbons (Fsp3) is 0.192. The molecule has 7 nitrogen and oxygen atoms in total. The van der Waals surface area contributed by atoms with E-state index in [4.69, 9.17) is 0 Å². The zero-order valence-electron chi connectivity index (χ0n) is 18.8. The number of aryl methyl sites for hydroxylation is 3. The molecule has 4 amide bonds. The molecule has 0 saturated heterocycles. The first-order chi connectivity index (χ1) is 15.8. The van der Waals surface area contributed by atoms with Crippen LogP contribution in [-0.2, 0) is 15.1 Å². The number of rotatable bonds is 5. The van der Waals surface area contributed by atoms with Crippen LogP contribution < -0.4 is 21.3 Å². The highest BCUT2D eigenvalue weighted by molar-refractivity contribution is 6.12. The van der Waals surface area contributed by atoms with E-state index in [0.29, 0.717) is 22.6 Å². The molecule has 0 spiro atoms. The lowest BCUT2D eigenvalue weighted by molar-refractivity contribution is -0.126. The van der Waals surface area contributed by atoms with Crippen molar-refractivity contribution in [2.24, 2.45) is 0 Å². The SMILES string of the molecule is Cc1ccc(NC(=O)CC2(NC(=O)Nc3ccc(C)cc3)C(=O)Nc3c(C)cccc32)cc1. The fourth-order valence-corrected chi connectivity index (χ4v) is 3.95. The van der Waals surface area contributed by atoms with Gasteiger partial charge in [-0.25, -0.2) is 4.79 Å². The molecule has 0 fully saturated rings. The predicted molar refractivity (Wildman–Crippen MR) is 129 cm³/mol. The molecular formula is C26H26N4O3. The second-order valence-electron chi connectivity index (χ2n) is 8.39. The van der Waals surface area contributed by atoms with E-state index < -0.39 is 17.5 Å². The molecule has 0 aliphatic carbocycles. The topological polar surface area (TPSA) is 99.3 Å². The van der Waals surface area contributed by atoms with Gasteiger partial charge in [0.15, 0.2) is 5.54 Å². The zero-order chi connectivity index (χ0) is 23.6. The van der Waals surface area contributed by atoms with Gasteiger partial charge in [0.1, 0.15) is 0 Å². The molecular weight excluding hydrogens is 416 g/mol. The lowest BCUT2D eigenvalue weighted by atomic mass is 9.86. The van der Waals surface area contributed by atoms with Gasteiger partial charge in [-0.15, -0.1) is 0 Å². The number of para-hydroxylation sites is 1. The summed E-state index contributed by atoms with van der Waals surface area (Å²) in [5.74, 6) is -0.844. The van der Waals surface area contributed by atoms with Gasteiger partial charge in [-0.3, -0.25) is 9.59 Å². The van der Waals surface area contributed by atoms with Gasteiger partial charge in [-0.05, 0) is 50.6 Å². The van der Waals surface area contributed by atoms with E-state index in [-0.39, 0.29) is 12.3 Å². The highest BCUT2D eigenvalue weighted by Crippen LogP contribution is 2.40. The Labute approximate surface area is 192 Å². The summed E-state index contributed by atoms with van der Waals surface area (Å²) in [7, 11) is 0. The van der Waals surface area contributed by atoms with Gasteiger partial charge in [0.25, 0.3) is 5.91 Å². The molecule has 3 aromatic rings. The molecule has 4 rings (SSSR count). The van der Waals surface area contributed by atoms with Crippen LogP contribution in [-0.4, -0.2) is 17.8 Å². The highest BCUT2D eigenvalue weighted by atomic mass is 16.2. The summed E-state index contributed by atoms with van der Waals surface area (Å²) in [6.45, 7) is 5.78. The third-order valence-corrected chi connectivity index (χ3v) is 5.76. The number of hydrogen-bond acceptors (Lipinski definition) is 3. The Bertz CT molecular complexity index is 1160. The van der Waals surface area contributed by atoms with Crippen LogP contribution >= 0.6 is 0 Å². The molecule has 3 aromatic carbocycles. The van der Waals surface area contributed by atoms with Crippen LogP contribution in [0.25, 0.3) is 0 Å². The van der Waals surface area contributed by atoms with E-state index in [1.165, 1.54) is 0 Å². The number of amides is 4. The molecule has 1 aliphatic rings. The van der Waals surface area contributed by atoms with Crippen molar-refractivity contribution in [2.45, 2.75) is 32.7 Å². The minimum Gasteiger partial charge on any atom is -0.326 e. The lowest BCUT2D eigenvalue weighted by Gasteiger charge is -2.28. The first-order valence-electron chi connectivity index (χ1n) is 10.7. The van der Waals surface area contributed by atoms with Crippen molar-refractivity contribution < 1.29 is 14.4 Å². The van der Waals surface area contributed by atoms with Crippen molar-refractivity contribution >= 4 is 34.9 Å². The number of anilines is 3. The van der Waals surface area contributed by atoms with E-state index in [9.17, 15) is 14.4 Å². The predicted octanol–water partition coefficient (Wildman–Crippen LogP) is 4.61. The maximum Gasteiger partial charge on any atom is 0.320 e. The van der Waals surface area contributed by atoms with E-state index >= 15 is 0 Å². The highest BCUT2D eigenvalue weighted by Gasteiger charge is 2.50. The van der Waals surface area contributed by atoms with Gasteiger partial charge < -0.3 is 21.3 Å². The summed E-state index contributed by atoms with van der Waals surface area (Å²) in [4.78, 5) is 39.2. The first-order valence-corrected chi connectivity index (χ1v) is 10.7. The number of benzene rings is 3. The van der Waals surface area contributed by atoms with Crippen molar-refractivity contribution in [1.82, 2.24) is 5.32 Å². The summed E-state index contributed by atoms with van der Waals surface area (Å²) >= 11 is 0. The van der Waals surface area contributed by atoms with Gasteiger partial charge in [0.05, 0.1) is 6.42 Å². The molecule has 7 heteroatoms. The Hall–Kier alpha value is -4.13. The van der Waals surface area contributed by atoms with E-state index in [1.807, 2.05) is 51.1 Å². The number of nitrogens with one attached hydrogen (secondary N) is 4. The Morgan fingerprint density at radius 1 is 0.818 bits per heavy atom. The Morgan fingerprint density at radius 3 is 2.00 bits per heavy atom. The molecule has 1 unspecified atom stereocenters. The van der Waals surface area contributed by atoms with Crippen molar-refractivity contribution in [1.29, 1.82) is 0 Å². The van der Waals surface area contributed by atoms with Crippen molar-refractivity contribution in [2.75, 3.05) is 16.0 Å². The molecule has 0 radical (unpaired) electrons. The molecule has 0 saturated carbocycles. The average Bonchev–Trinajstić information content (AvgIpc) is 3.04. The van der Waals surface area contributed by atoms with Gasteiger partial charge >= 0.3 is 6.03 Å². The molecule has 0 bridgehead atoms. The Balaban J connectivity index is 1.63. The van der Waals surface area contributed by atoms with Crippen LogP contribution in [0.5, 0.6) is 0 Å². The first kappa shape index (κ1) is 22.1. The Morgan fingerprint density at radius 2 is 1.39 bits per heavy atom. The quantitative estimate of drug-likeness (QED) is 0.464. The van der Waals surface area contributed by atoms with Crippen LogP contribution in [0.2, 0.25) is 0 Å². The smallest absolute Gasteiger partial charge is 0.320 e. The monoisotopic (exact) mass is 442 g/mol. The van der Waals surface area contributed by atoms with Crippen molar-refractivity contribution in [3.63, 3.8) is 0 Å². The molecule has 1 atom stereocenters. The molecule has 33 heavy (non-hydrogen) atoms. The van der Waals surface area contributed by atoms with E-state index in [0.717, 1.165) is 16.7 Å². The van der Waals surface area contributed by atoms with Gasteiger partial charge in [0, 0.05) is 22.6 Å². The molecule has 0 aromatic heterocycles. The summed E-state index contributed by atoms with van der Waals surface area (Å²) in [6, 6.07) is 19.5. The standard InChI is InChI=1S/C26H26N4O3/c1-16-7-11-19(12-8-16)27-22(31)15-26(21-6-4-5-18(3)23(21)29-24(26)32)30-25(33)28-20-13-9-17(2)10-14-20/h4-14H,15H2,1-3H3,(H,27,31)(H,29,32)(H2,28,30,33). The molecule has 1 heterocycles. The van der Waals surface area contributed by atoms with Crippen LogP contribution in [0.4, 0.5) is 21.9 Å². The summed E-state index contributed by atoms with van der Waals surface area (Å²) in [6.07, 6.45) is -0.259. The second-order valence-corrected chi connectivity index (χ2v) is 8.39. The van der Waals surface area contributed by atoms with Crippen LogP contribution in [0.15, 0.2) is 66.7 Å². The third-order valence-electron chi connectivity index (χ3n) is 5.76. The van der Waals surface area contributed by atoms with Crippen LogP contribution in [0.1, 0.15) is 28.7 Å². The van der Waals surface area contributed by atoms with Gasteiger partial charge in [-0.1, -0.05) is 53.6 Å². The van der Waals surface area contributed by atoms with Gasteiger partial charge in [-0.2, -0.15) is 0 Å². The Kier molecular flexibility index (Phi) is 5.87. The fourth-order valence-electron chi connectivity index (χ4n) is 3.95. The minimum atomic E-state index is -1.55. The largest absolute Gasteiger partial charge is 0.326 e. The maximum absolute atomic E-state index is 13.2. The summed E-state index contributed by atoms with van der Waals surface area (Å²) in [5.41, 5.74) is 3.80. The van der Waals surface area contributed by atoms with E-state index in [1.54, 1.807) is 36.4 Å². The number of urea groups is 1. The maximum atomic E-state index is 13.2. The van der Waals surface area contributed by atoms with Crippen LogP contribution in [0.3, 0.4) is 0 Å². The number of carbonyl (C=O) groups is 3.